The molecule has 2 unspecified atom stereocenters. The van der Waals surface area contributed by atoms with Crippen LogP contribution in [0.2, 0.25) is 0 Å². The Morgan fingerprint density at radius 1 is 0.333 bits per heavy atom. The van der Waals surface area contributed by atoms with Crippen molar-refractivity contribution in [2.75, 3.05) is 105 Å². The molecule has 2 atom stereocenters. The molecule has 7 aliphatic heterocycles. The number of hydrogen-bond donors (Lipinski definition) is 0. The summed E-state index contributed by atoms with van der Waals surface area (Å²) in [5, 5.41) is 0. The van der Waals surface area contributed by atoms with E-state index in [9.17, 15) is 22.0 Å². The minimum atomic E-state index is -2.41. The molecule has 7 saturated heterocycles. The van der Waals surface area contributed by atoms with Crippen molar-refractivity contribution in [2.24, 2.45) is 0 Å². The average Bonchev–Trinajstić information content (AvgIpc) is 3.84. The number of morpholine rings is 1. The van der Waals surface area contributed by atoms with E-state index in [-0.39, 0.29) is 35.0 Å². The molecule has 0 aliphatic carbocycles. The Morgan fingerprint density at radius 2 is 0.653 bits per heavy atom. The van der Waals surface area contributed by atoms with E-state index in [1.165, 1.54) is 58.3 Å². The monoisotopic (exact) mass is 1080 g/mol. The third-order valence-corrected chi connectivity index (χ3v) is 16.0. The number of halogens is 5. The fourth-order valence-corrected chi connectivity index (χ4v) is 10.5. The number of ether oxygens (including phenoxy) is 1. The molecule has 7 fully saturated rings. The summed E-state index contributed by atoms with van der Waals surface area (Å²) < 4.78 is 70.0. The van der Waals surface area contributed by atoms with Crippen molar-refractivity contribution in [1.82, 2.24) is 34.3 Å². The van der Waals surface area contributed by atoms with Crippen LogP contribution >= 0.6 is 0 Å². The van der Waals surface area contributed by atoms with Crippen molar-refractivity contribution in [3.8, 4) is 0 Å². The third kappa shape index (κ3) is 31.8. The fraction of sp³-hybridized carbons (Fsp3) is 1.00. The smallest absolute Gasteiger partial charge is 0.250 e. The number of alkyl halides is 5. The van der Waals surface area contributed by atoms with Crippen LogP contribution < -0.4 is 0 Å². The molecular formula is C62H126F5N7O. The van der Waals surface area contributed by atoms with Gasteiger partial charge in [-0.1, -0.05) is 6.42 Å². The Labute approximate surface area is 462 Å². The molecule has 0 amide bonds. The van der Waals surface area contributed by atoms with Gasteiger partial charge in [-0.3, -0.25) is 34.3 Å². The highest BCUT2D eigenvalue weighted by molar-refractivity contribution is 4.90. The maximum Gasteiger partial charge on any atom is 0.250 e. The lowest BCUT2D eigenvalue weighted by Gasteiger charge is -2.43. The molecule has 7 heterocycles. The summed E-state index contributed by atoms with van der Waals surface area (Å²) in [6.45, 7) is 63.3. The molecular weight excluding hydrogens is 954 g/mol. The first kappa shape index (κ1) is 72.3. The van der Waals surface area contributed by atoms with Gasteiger partial charge in [0.1, 0.15) is 18.0 Å². The Hall–Kier alpha value is -0.670. The van der Waals surface area contributed by atoms with E-state index < -0.39 is 23.9 Å². The summed E-state index contributed by atoms with van der Waals surface area (Å²) in [4.78, 5) is 16.5. The lowest BCUT2D eigenvalue weighted by molar-refractivity contribution is -0.0713. The molecule has 7 aliphatic rings. The molecule has 0 aromatic rings. The largest absolute Gasteiger partial charge is 0.379 e. The third-order valence-electron chi connectivity index (χ3n) is 16.0. The normalized spacial score (nSPS) is 26.2. The van der Waals surface area contributed by atoms with Gasteiger partial charge in [-0.25, -0.2) is 22.0 Å². The van der Waals surface area contributed by atoms with Crippen LogP contribution in [0.3, 0.4) is 0 Å². The molecule has 0 spiro atoms. The second kappa shape index (κ2) is 31.5. The van der Waals surface area contributed by atoms with E-state index in [1.54, 1.807) is 6.92 Å². The number of nitrogens with zero attached hydrogens (tertiary/aromatic N) is 7. The highest BCUT2D eigenvalue weighted by Crippen LogP contribution is 2.32. The minimum Gasteiger partial charge on any atom is -0.379 e. The second-order valence-electron chi connectivity index (χ2n) is 30.2. The van der Waals surface area contributed by atoms with E-state index in [0.717, 1.165) is 91.0 Å². The topological polar surface area (TPSA) is 31.9 Å². The Morgan fingerprint density at radius 3 is 0.960 bits per heavy atom. The van der Waals surface area contributed by atoms with Crippen molar-refractivity contribution in [3.05, 3.63) is 0 Å². The van der Waals surface area contributed by atoms with E-state index >= 15 is 0 Å². The van der Waals surface area contributed by atoms with E-state index in [0.29, 0.717) is 42.8 Å². The summed E-state index contributed by atoms with van der Waals surface area (Å²) in [6, 6.07) is 0. The van der Waals surface area contributed by atoms with Crippen LogP contribution in [0, 0.1) is 0 Å². The summed E-state index contributed by atoms with van der Waals surface area (Å²) >= 11 is 0. The summed E-state index contributed by atoms with van der Waals surface area (Å²) in [5.41, 5.74) is 0.696. The minimum absolute atomic E-state index is 0.0181. The number of hydrogen-bond acceptors (Lipinski definition) is 8. The SMILES string of the molecule is CC(C)(C)N1CCC(F)(F)CC1.CC(C)(C)N1CCC(F)CC1.CC(C)(C)N1CCCC(F)C1.CC(C)(C)N1CCCC1.CC(C)(C)N1CCCCC1.CC(C)(C)N1CCOCC1.CC1(F)CCCN(C(C)(C)C)C1. The second-order valence-corrected chi connectivity index (χ2v) is 30.2. The van der Waals surface area contributed by atoms with Gasteiger partial charge in [-0.2, -0.15) is 0 Å². The van der Waals surface area contributed by atoms with Crippen LogP contribution in [-0.4, -0.2) is 202 Å². The van der Waals surface area contributed by atoms with Crippen LogP contribution in [0.5, 0.6) is 0 Å². The summed E-state index contributed by atoms with van der Waals surface area (Å²) in [5.74, 6) is -2.41. The zero-order valence-corrected chi connectivity index (χ0v) is 53.6. The Kier molecular flexibility index (Phi) is 30.4. The number of piperidine rings is 5. The van der Waals surface area contributed by atoms with E-state index in [2.05, 4.69) is 180 Å². The molecule has 0 bridgehead atoms. The van der Waals surface area contributed by atoms with Gasteiger partial charge in [0.25, 0.3) is 5.92 Å². The quantitative estimate of drug-likeness (QED) is 0.222. The van der Waals surface area contributed by atoms with Crippen LogP contribution in [-0.2, 0) is 4.74 Å². The number of rotatable bonds is 0. The first-order valence-corrected chi connectivity index (χ1v) is 30.1. The van der Waals surface area contributed by atoms with Gasteiger partial charge in [0, 0.05) is 104 Å². The van der Waals surface area contributed by atoms with Gasteiger partial charge in [0.05, 0.1) is 13.2 Å². The standard InChI is InChI=1S/C10H20FN.C9H17F2N.2C9H18FN.C9H19N.C8H17NO.C8H17N/c1-9(2,3)12-7-5-6-10(4,11)8-12;1-8(2,3)12-6-4-9(10,11)5-7-12;1-9(2,3)11-6-4-8(10)5-7-11;1-9(2,3)11-6-4-5-8(10)7-11;1-9(2,3)10-7-5-4-6-8-10;1-8(2,3)9-4-6-10-7-5-9;1-8(2,3)9-6-4-5-7-9/h5-8H2,1-4H3;4-7H2,1-3H3;2*8H,4-7H2,1-3H3;4-8H2,1-3H3;4-7H2,1-3H3;4-7H2,1-3H3. The highest BCUT2D eigenvalue weighted by atomic mass is 19.3. The van der Waals surface area contributed by atoms with Crippen LogP contribution in [0.1, 0.15) is 236 Å². The summed E-state index contributed by atoms with van der Waals surface area (Å²) in [6.07, 6.45) is 10.9. The van der Waals surface area contributed by atoms with Crippen molar-refractivity contribution in [3.63, 3.8) is 0 Å². The Bertz CT molecular complexity index is 1430. The predicted octanol–water partition coefficient (Wildman–Crippen LogP) is 14.8. The molecule has 0 aromatic carbocycles. The van der Waals surface area contributed by atoms with Crippen LogP contribution in [0.4, 0.5) is 22.0 Å². The molecule has 0 radical (unpaired) electrons. The molecule has 75 heavy (non-hydrogen) atoms. The Balaban J connectivity index is 0.000000438. The van der Waals surface area contributed by atoms with E-state index in [1.807, 2.05) is 0 Å². The molecule has 0 saturated carbocycles. The molecule has 7 rings (SSSR count). The molecule has 13 heteroatoms. The lowest BCUT2D eigenvalue weighted by atomic mass is 9.92. The summed E-state index contributed by atoms with van der Waals surface area (Å²) in [7, 11) is 0. The zero-order chi connectivity index (χ0) is 57.9. The first-order chi connectivity index (χ1) is 33.9. The zero-order valence-electron chi connectivity index (χ0n) is 53.6. The fourth-order valence-electron chi connectivity index (χ4n) is 10.5. The highest BCUT2D eigenvalue weighted by Gasteiger charge is 2.38. The van der Waals surface area contributed by atoms with Gasteiger partial charge in [-0.15, -0.1) is 0 Å². The lowest BCUT2D eigenvalue weighted by Crippen LogP contribution is -2.51. The van der Waals surface area contributed by atoms with Crippen molar-refractivity contribution in [2.45, 2.75) is 299 Å². The van der Waals surface area contributed by atoms with E-state index in [4.69, 9.17) is 4.74 Å². The molecule has 8 nitrogen and oxygen atoms in total. The molecule has 0 N–H and O–H groups in total. The maximum atomic E-state index is 13.6. The van der Waals surface area contributed by atoms with Gasteiger partial charge in [0.15, 0.2) is 0 Å². The van der Waals surface area contributed by atoms with Gasteiger partial charge < -0.3 is 4.74 Å². The first-order valence-electron chi connectivity index (χ1n) is 30.1. The number of likely N-dealkylation sites (tertiary alicyclic amines) is 6. The van der Waals surface area contributed by atoms with Gasteiger partial charge in [-0.05, 0) is 256 Å². The van der Waals surface area contributed by atoms with Gasteiger partial charge >= 0.3 is 0 Å². The van der Waals surface area contributed by atoms with Crippen molar-refractivity contribution < 1.29 is 26.7 Å². The van der Waals surface area contributed by atoms with Gasteiger partial charge in [0.2, 0.25) is 0 Å². The maximum absolute atomic E-state index is 13.6. The van der Waals surface area contributed by atoms with Crippen LogP contribution in [0.15, 0.2) is 0 Å². The molecule has 450 valence electrons. The average molecular weight is 1080 g/mol. The van der Waals surface area contributed by atoms with Crippen molar-refractivity contribution in [1.29, 1.82) is 0 Å². The van der Waals surface area contributed by atoms with Crippen molar-refractivity contribution >= 4 is 0 Å². The van der Waals surface area contributed by atoms with Crippen LogP contribution in [0.25, 0.3) is 0 Å². The molecule has 0 aromatic heterocycles. The predicted molar refractivity (Wildman–Crippen MR) is 314 cm³/mol.